The highest BCUT2D eigenvalue weighted by Gasteiger charge is 2.28. The van der Waals surface area contributed by atoms with Gasteiger partial charge in [-0.15, -0.1) is 0 Å². The van der Waals surface area contributed by atoms with Crippen LogP contribution in [0.1, 0.15) is 31.4 Å². The lowest BCUT2D eigenvalue weighted by atomic mass is 10.0. The number of likely N-dealkylation sites (tertiary alicyclic amines) is 2. The van der Waals surface area contributed by atoms with Crippen molar-refractivity contribution in [2.24, 2.45) is 0 Å². The van der Waals surface area contributed by atoms with Gasteiger partial charge in [-0.2, -0.15) is 0 Å². The molecule has 21 heavy (non-hydrogen) atoms. The van der Waals surface area contributed by atoms with Crippen molar-refractivity contribution in [3.63, 3.8) is 0 Å². The monoisotopic (exact) mass is 293 g/mol. The zero-order valence-electron chi connectivity index (χ0n) is 12.5. The molecule has 1 aromatic rings. The fourth-order valence-corrected chi connectivity index (χ4v) is 3.30. The van der Waals surface area contributed by atoms with Gasteiger partial charge in [0.15, 0.2) is 5.82 Å². The van der Waals surface area contributed by atoms with E-state index in [1.165, 1.54) is 38.8 Å². The van der Waals surface area contributed by atoms with E-state index < -0.39 is 0 Å². The molecule has 2 fully saturated rings. The van der Waals surface area contributed by atoms with E-state index in [0.29, 0.717) is 24.1 Å². The molecule has 0 aromatic carbocycles. The smallest absolute Gasteiger partial charge is 0.239 e. The third kappa shape index (κ3) is 3.59. The van der Waals surface area contributed by atoms with Crippen LogP contribution >= 0.6 is 0 Å². The molecule has 3 heterocycles. The molecule has 7 nitrogen and oxygen atoms in total. The standard InChI is InChI=1S/C14H23N5O2/c1-11-14(17-21-16-11)15-13(20)10-18-6-4-5-12(9-18)19-7-2-3-8-19/h12H,2-10H2,1H3,(H,15,17,20)/t12-/m0/s1. The minimum atomic E-state index is -0.0455. The normalized spacial score (nSPS) is 24.3. The van der Waals surface area contributed by atoms with Crippen LogP contribution in [0.15, 0.2) is 4.63 Å². The topological polar surface area (TPSA) is 74.5 Å². The maximum atomic E-state index is 12.1. The Morgan fingerprint density at radius 2 is 2.10 bits per heavy atom. The van der Waals surface area contributed by atoms with Gasteiger partial charge in [0.05, 0.1) is 6.54 Å². The Morgan fingerprint density at radius 3 is 2.81 bits per heavy atom. The molecule has 0 unspecified atom stereocenters. The summed E-state index contributed by atoms with van der Waals surface area (Å²) in [4.78, 5) is 16.9. The highest BCUT2D eigenvalue weighted by Crippen LogP contribution is 2.20. The number of anilines is 1. The molecule has 0 aliphatic carbocycles. The predicted octanol–water partition coefficient (Wildman–Crippen LogP) is 0.877. The average molecular weight is 293 g/mol. The third-order valence-corrected chi connectivity index (χ3v) is 4.42. The lowest BCUT2D eigenvalue weighted by Crippen LogP contribution is -2.48. The van der Waals surface area contributed by atoms with Gasteiger partial charge in [-0.25, -0.2) is 4.63 Å². The summed E-state index contributed by atoms with van der Waals surface area (Å²) in [5.41, 5.74) is 0.608. The van der Waals surface area contributed by atoms with Gasteiger partial charge in [-0.05, 0) is 57.4 Å². The number of hydrogen-bond acceptors (Lipinski definition) is 6. The Hall–Kier alpha value is -1.47. The Balaban J connectivity index is 1.50. The number of aromatic nitrogens is 2. The van der Waals surface area contributed by atoms with Crippen molar-refractivity contribution in [2.75, 3.05) is 38.0 Å². The summed E-state index contributed by atoms with van der Waals surface area (Å²) >= 11 is 0. The largest absolute Gasteiger partial charge is 0.305 e. The quantitative estimate of drug-likeness (QED) is 0.888. The first-order valence-corrected chi connectivity index (χ1v) is 7.78. The number of carbonyl (C=O) groups is 1. The van der Waals surface area contributed by atoms with Crippen molar-refractivity contribution in [1.29, 1.82) is 0 Å². The van der Waals surface area contributed by atoms with E-state index in [4.69, 9.17) is 0 Å². The summed E-state index contributed by atoms with van der Waals surface area (Å²) in [6.07, 6.45) is 5.05. The second kappa shape index (κ2) is 6.53. The molecule has 1 N–H and O–H groups in total. The molecule has 116 valence electrons. The van der Waals surface area contributed by atoms with Crippen molar-refractivity contribution >= 4 is 11.7 Å². The summed E-state index contributed by atoms with van der Waals surface area (Å²) in [5.74, 6) is 0.379. The van der Waals surface area contributed by atoms with Crippen LogP contribution in [0, 0.1) is 6.92 Å². The number of hydrogen-bond donors (Lipinski definition) is 1. The molecule has 7 heteroatoms. The number of piperidine rings is 1. The van der Waals surface area contributed by atoms with E-state index in [9.17, 15) is 4.79 Å². The molecule has 2 aliphatic heterocycles. The van der Waals surface area contributed by atoms with Crippen LogP contribution in [0.3, 0.4) is 0 Å². The molecule has 1 atom stereocenters. The number of carbonyl (C=O) groups excluding carboxylic acids is 1. The Morgan fingerprint density at radius 1 is 1.29 bits per heavy atom. The first-order valence-electron chi connectivity index (χ1n) is 7.78. The van der Waals surface area contributed by atoms with E-state index in [1.54, 1.807) is 6.92 Å². The summed E-state index contributed by atoms with van der Waals surface area (Å²) < 4.78 is 4.59. The maximum absolute atomic E-state index is 12.1. The number of nitrogens with one attached hydrogen (secondary N) is 1. The minimum Gasteiger partial charge on any atom is -0.305 e. The minimum absolute atomic E-state index is 0.0455. The number of rotatable bonds is 4. The van der Waals surface area contributed by atoms with Crippen LogP contribution < -0.4 is 5.32 Å². The summed E-state index contributed by atoms with van der Waals surface area (Å²) in [7, 11) is 0. The second-order valence-corrected chi connectivity index (χ2v) is 6.02. The lowest BCUT2D eigenvalue weighted by Gasteiger charge is -2.37. The lowest BCUT2D eigenvalue weighted by molar-refractivity contribution is -0.117. The van der Waals surface area contributed by atoms with Gasteiger partial charge in [0.2, 0.25) is 5.91 Å². The van der Waals surface area contributed by atoms with Crippen LogP contribution in [-0.4, -0.2) is 64.8 Å². The zero-order valence-corrected chi connectivity index (χ0v) is 12.5. The summed E-state index contributed by atoms with van der Waals surface area (Å²) in [6.45, 7) is 6.59. The van der Waals surface area contributed by atoms with Crippen molar-refractivity contribution in [3.05, 3.63) is 5.69 Å². The van der Waals surface area contributed by atoms with Crippen LogP contribution in [0.25, 0.3) is 0 Å². The number of nitrogens with zero attached hydrogens (tertiary/aromatic N) is 4. The fraction of sp³-hybridized carbons (Fsp3) is 0.786. The van der Waals surface area contributed by atoms with E-state index in [2.05, 4.69) is 30.1 Å². The van der Waals surface area contributed by atoms with Gasteiger partial charge in [0.1, 0.15) is 5.69 Å². The molecule has 1 aromatic heterocycles. The molecular weight excluding hydrogens is 270 g/mol. The van der Waals surface area contributed by atoms with Crippen molar-refractivity contribution in [2.45, 2.75) is 38.6 Å². The SMILES string of the molecule is Cc1nonc1NC(=O)CN1CCC[C@H](N2CCCC2)C1. The first kappa shape index (κ1) is 14.5. The van der Waals surface area contributed by atoms with Crippen molar-refractivity contribution in [3.8, 4) is 0 Å². The molecule has 2 saturated heterocycles. The van der Waals surface area contributed by atoms with Gasteiger partial charge in [0, 0.05) is 12.6 Å². The highest BCUT2D eigenvalue weighted by molar-refractivity contribution is 5.91. The van der Waals surface area contributed by atoms with E-state index >= 15 is 0 Å². The van der Waals surface area contributed by atoms with Crippen LogP contribution in [-0.2, 0) is 4.79 Å². The van der Waals surface area contributed by atoms with E-state index in [-0.39, 0.29) is 5.91 Å². The average Bonchev–Trinajstić information content (AvgIpc) is 3.12. The van der Waals surface area contributed by atoms with Gasteiger partial charge in [0.25, 0.3) is 0 Å². The Bertz CT molecular complexity index is 483. The van der Waals surface area contributed by atoms with Crippen LogP contribution in [0.2, 0.25) is 0 Å². The molecule has 0 spiro atoms. The molecule has 1 amide bonds. The molecule has 2 aliphatic rings. The number of aryl methyl sites for hydroxylation is 1. The molecular formula is C14H23N5O2. The molecule has 0 saturated carbocycles. The molecule has 3 rings (SSSR count). The van der Waals surface area contributed by atoms with Gasteiger partial charge in [-0.3, -0.25) is 14.6 Å². The molecule has 0 bridgehead atoms. The maximum Gasteiger partial charge on any atom is 0.239 e. The molecule has 0 radical (unpaired) electrons. The van der Waals surface area contributed by atoms with Crippen molar-refractivity contribution in [1.82, 2.24) is 20.1 Å². The highest BCUT2D eigenvalue weighted by atomic mass is 16.6. The fourth-order valence-electron chi connectivity index (χ4n) is 3.30. The third-order valence-electron chi connectivity index (χ3n) is 4.42. The van der Waals surface area contributed by atoms with Crippen LogP contribution in [0.4, 0.5) is 5.82 Å². The van der Waals surface area contributed by atoms with Gasteiger partial charge in [-0.1, -0.05) is 5.16 Å². The van der Waals surface area contributed by atoms with E-state index in [1.807, 2.05) is 0 Å². The second-order valence-electron chi connectivity index (χ2n) is 6.02. The van der Waals surface area contributed by atoms with Crippen LogP contribution in [0.5, 0.6) is 0 Å². The first-order chi connectivity index (χ1) is 10.2. The summed E-state index contributed by atoms with van der Waals surface area (Å²) in [5, 5.41) is 10.1. The van der Waals surface area contributed by atoms with Gasteiger partial charge < -0.3 is 5.32 Å². The van der Waals surface area contributed by atoms with Crippen molar-refractivity contribution < 1.29 is 9.42 Å². The summed E-state index contributed by atoms with van der Waals surface area (Å²) in [6, 6.07) is 0.615. The Labute approximate surface area is 124 Å². The Kier molecular flexibility index (Phi) is 4.50. The van der Waals surface area contributed by atoms with E-state index in [0.717, 1.165) is 13.1 Å². The zero-order chi connectivity index (χ0) is 14.7. The van der Waals surface area contributed by atoms with Gasteiger partial charge >= 0.3 is 0 Å². The number of amides is 1. The predicted molar refractivity (Wildman–Crippen MR) is 77.9 cm³/mol.